The smallest absolute Gasteiger partial charge is 0.261 e. The van der Waals surface area contributed by atoms with Gasteiger partial charge in [0.25, 0.3) is 5.91 Å². The number of carbonyl (C=O) groups excluding carboxylic acids is 1. The Morgan fingerprint density at radius 1 is 1.50 bits per heavy atom. The lowest BCUT2D eigenvalue weighted by molar-refractivity contribution is 0.0807. The molecule has 2 fully saturated rings. The summed E-state index contributed by atoms with van der Waals surface area (Å²) < 4.78 is 0. The van der Waals surface area contributed by atoms with Gasteiger partial charge in [0.05, 0.1) is 4.88 Å². The van der Waals surface area contributed by atoms with E-state index in [9.17, 15) is 4.79 Å². The molecule has 0 aliphatic carbocycles. The minimum Gasteiger partial charge on any atom is -0.351 e. The number of fused-ring (bicyclic) bond motifs is 1. The van der Waals surface area contributed by atoms with Gasteiger partial charge in [-0.2, -0.15) is 0 Å². The predicted molar refractivity (Wildman–Crippen MR) is 82.2 cm³/mol. The Kier molecular flexibility index (Phi) is 4.70. The number of nitrogens with one attached hydrogen (secondary N) is 2. The van der Waals surface area contributed by atoms with Crippen LogP contribution < -0.4 is 10.6 Å². The fourth-order valence-electron chi connectivity index (χ4n) is 3.30. The molecule has 0 spiro atoms. The quantitative estimate of drug-likeness (QED) is 0.885. The Balaban J connectivity index is 1.39. The van der Waals surface area contributed by atoms with Gasteiger partial charge in [0, 0.05) is 38.8 Å². The van der Waals surface area contributed by atoms with Crippen molar-refractivity contribution in [2.45, 2.75) is 25.3 Å². The topological polar surface area (TPSA) is 44.4 Å². The Labute approximate surface area is 124 Å². The number of hydrogen-bond donors (Lipinski definition) is 2. The molecule has 2 atom stereocenters. The fourth-order valence-corrected chi connectivity index (χ4v) is 3.94. The summed E-state index contributed by atoms with van der Waals surface area (Å²) in [5.41, 5.74) is 0. The van der Waals surface area contributed by atoms with Crippen LogP contribution in [-0.4, -0.2) is 49.6 Å². The molecular weight excluding hydrogens is 270 g/mol. The van der Waals surface area contributed by atoms with Gasteiger partial charge >= 0.3 is 0 Å². The van der Waals surface area contributed by atoms with E-state index in [0.29, 0.717) is 0 Å². The molecule has 2 aliphatic rings. The molecule has 110 valence electrons. The summed E-state index contributed by atoms with van der Waals surface area (Å²) in [7, 11) is 0. The lowest BCUT2D eigenvalue weighted by Gasteiger charge is -2.42. The maximum atomic E-state index is 11.9. The standard InChI is InChI=1S/C15H23N3OS/c19-15(14-2-1-9-20-14)17-6-5-12-3-4-13-10-16-7-8-18(13)11-12/h1-2,9,12-13,16H,3-8,10-11H2,(H,17,19). The van der Waals surface area contributed by atoms with Crippen LogP contribution in [0, 0.1) is 5.92 Å². The number of nitrogens with zero attached hydrogens (tertiary/aromatic N) is 1. The van der Waals surface area contributed by atoms with Crippen LogP contribution in [0.2, 0.25) is 0 Å². The monoisotopic (exact) mass is 293 g/mol. The Bertz CT molecular complexity index is 434. The molecular formula is C15H23N3OS. The van der Waals surface area contributed by atoms with Gasteiger partial charge in [0.1, 0.15) is 0 Å². The fraction of sp³-hybridized carbons (Fsp3) is 0.667. The van der Waals surface area contributed by atoms with E-state index in [0.717, 1.165) is 42.9 Å². The lowest BCUT2D eigenvalue weighted by Crippen LogP contribution is -2.55. The van der Waals surface area contributed by atoms with E-state index in [1.807, 2.05) is 17.5 Å². The van der Waals surface area contributed by atoms with Crippen molar-refractivity contribution in [3.63, 3.8) is 0 Å². The Hall–Kier alpha value is -0.910. The lowest BCUT2D eigenvalue weighted by atomic mass is 9.89. The van der Waals surface area contributed by atoms with Gasteiger partial charge in [-0.05, 0) is 36.6 Å². The van der Waals surface area contributed by atoms with Gasteiger partial charge in [0.2, 0.25) is 0 Å². The van der Waals surface area contributed by atoms with Gasteiger partial charge in [-0.3, -0.25) is 9.69 Å². The minimum atomic E-state index is 0.0795. The van der Waals surface area contributed by atoms with Gasteiger partial charge in [0.15, 0.2) is 0 Å². The first-order chi connectivity index (χ1) is 9.83. The maximum Gasteiger partial charge on any atom is 0.261 e. The van der Waals surface area contributed by atoms with E-state index < -0.39 is 0 Å². The number of thiophene rings is 1. The second kappa shape index (κ2) is 6.70. The molecule has 5 heteroatoms. The number of piperidine rings is 1. The van der Waals surface area contributed by atoms with Crippen LogP contribution in [0.25, 0.3) is 0 Å². The van der Waals surface area contributed by atoms with Crippen LogP contribution in [0.1, 0.15) is 28.9 Å². The molecule has 0 saturated carbocycles. The number of amides is 1. The molecule has 3 rings (SSSR count). The molecule has 3 heterocycles. The number of rotatable bonds is 4. The third-order valence-corrected chi connectivity index (χ3v) is 5.32. The zero-order valence-electron chi connectivity index (χ0n) is 11.8. The molecule has 1 aromatic heterocycles. The third kappa shape index (κ3) is 3.40. The average molecular weight is 293 g/mol. The van der Waals surface area contributed by atoms with E-state index in [1.165, 1.54) is 37.3 Å². The Morgan fingerprint density at radius 2 is 2.45 bits per heavy atom. The van der Waals surface area contributed by atoms with Crippen molar-refractivity contribution in [1.29, 1.82) is 0 Å². The summed E-state index contributed by atoms with van der Waals surface area (Å²) in [5, 5.41) is 8.47. The normalized spacial score (nSPS) is 27.0. The van der Waals surface area contributed by atoms with Crippen molar-refractivity contribution in [1.82, 2.24) is 15.5 Å². The van der Waals surface area contributed by atoms with Crippen LogP contribution in [0.4, 0.5) is 0 Å². The number of carbonyl (C=O) groups is 1. The molecule has 1 aromatic rings. The summed E-state index contributed by atoms with van der Waals surface area (Å²) in [6, 6.07) is 4.55. The highest BCUT2D eigenvalue weighted by Gasteiger charge is 2.29. The number of hydrogen-bond acceptors (Lipinski definition) is 4. The summed E-state index contributed by atoms with van der Waals surface area (Å²) >= 11 is 1.50. The van der Waals surface area contributed by atoms with Crippen molar-refractivity contribution in [3.8, 4) is 0 Å². The Morgan fingerprint density at radius 3 is 3.30 bits per heavy atom. The van der Waals surface area contributed by atoms with Gasteiger partial charge < -0.3 is 10.6 Å². The number of piperazine rings is 1. The van der Waals surface area contributed by atoms with Crippen LogP contribution in [-0.2, 0) is 0 Å². The highest BCUT2D eigenvalue weighted by atomic mass is 32.1. The first kappa shape index (κ1) is 14.0. The molecule has 0 aromatic carbocycles. The zero-order valence-corrected chi connectivity index (χ0v) is 12.6. The van der Waals surface area contributed by atoms with Crippen molar-refractivity contribution < 1.29 is 4.79 Å². The molecule has 20 heavy (non-hydrogen) atoms. The SMILES string of the molecule is O=C(NCCC1CCC2CNCCN2C1)c1cccs1. The highest BCUT2D eigenvalue weighted by Crippen LogP contribution is 2.24. The first-order valence-electron chi connectivity index (χ1n) is 7.59. The highest BCUT2D eigenvalue weighted by molar-refractivity contribution is 7.12. The van der Waals surface area contributed by atoms with Crippen LogP contribution >= 0.6 is 11.3 Å². The molecule has 2 N–H and O–H groups in total. The van der Waals surface area contributed by atoms with E-state index >= 15 is 0 Å². The molecule has 1 amide bonds. The van der Waals surface area contributed by atoms with E-state index in [4.69, 9.17) is 0 Å². The molecule has 2 saturated heterocycles. The van der Waals surface area contributed by atoms with Crippen LogP contribution in [0.5, 0.6) is 0 Å². The van der Waals surface area contributed by atoms with E-state index in [-0.39, 0.29) is 5.91 Å². The van der Waals surface area contributed by atoms with E-state index in [1.54, 1.807) is 0 Å². The molecule has 0 bridgehead atoms. The van der Waals surface area contributed by atoms with Crippen LogP contribution in [0.3, 0.4) is 0 Å². The van der Waals surface area contributed by atoms with Crippen LogP contribution in [0.15, 0.2) is 17.5 Å². The van der Waals surface area contributed by atoms with Crippen molar-refractivity contribution >= 4 is 17.2 Å². The van der Waals surface area contributed by atoms with Crippen molar-refractivity contribution in [2.24, 2.45) is 5.92 Å². The second-order valence-corrected chi connectivity index (χ2v) is 6.77. The average Bonchev–Trinajstić information content (AvgIpc) is 3.01. The maximum absolute atomic E-state index is 11.9. The molecule has 0 radical (unpaired) electrons. The van der Waals surface area contributed by atoms with E-state index in [2.05, 4.69) is 15.5 Å². The largest absolute Gasteiger partial charge is 0.351 e. The zero-order chi connectivity index (χ0) is 13.8. The summed E-state index contributed by atoms with van der Waals surface area (Å²) in [6.07, 6.45) is 3.71. The molecule has 2 unspecified atom stereocenters. The second-order valence-electron chi connectivity index (χ2n) is 5.82. The summed E-state index contributed by atoms with van der Waals surface area (Å²) in [6.45, 7) is 5.47. The third-order valence-electron chi connectivity index (χ3n) is 4.46. The summed E-state index contributed by atoms with van der Waals surface area (Å²) in [5.74, 6) is 0.823. The molecule has 4 nitrogen and oxygen atoms in total. The van der Waals surface area contributed by atoms with Crippen molar-refractivity contribution in [3.05, 3.63) is 22.4 Å². The van der Waals surface area contributed by atoms with Gasteiger partial charge in [-0.25, -0.2) is 0 Å². The van der Waals surface area contributed by atoms with Gasteiger partial charge in [-0.15, -0.1) is 11.3 Å². The van der Waals surface area contributed by atoms with Crippen molar-refractivity contribution in [2.75, 3.05) is 32.7 Å². The minimum absolute atomic E-state index is 0.0795. The predicted octanol–water partition coefficient (Wildman–Crippen LogP) is 1.55. The molecule has 2 aliphatic heterocycles. The van der Waals surface area contributed by atoms with Gasteiger partial charge in [-0.1, -0.05) is 6.07 Å². The first-order valence-corrected chi connectivity index (χ1v) is 8.47. The summed E-state index contributed by atoms with van der Waals surface area (Å²) in [4.78, 5) is 15.3.